The van der Waals surface area contributed by atoms with E-state index in [2.05, 4.69) is 49.5 Å². The molecule has 2 aliphatic rings. The van der Waals surface area contributed by atoms with Crippen molar-refractivity contribution in [3.63, 3.8) is 0 Å². The summed E-state index contributed by atoms with van der Waals surface area (Å²) in [5.41, 5.74) is 3.64. The molecule has 0 radical (unpaired) electrons. The van der Waals surface area contributed by atoms with E-state index in [1.54, 1.807) is 7.05 Å². The van der Waals surface area contributed by atoms with E-state index in [4.69, 9.17) is 4.74 Å². The summed E-state index contributed by atoms with van der Waals surface area (Å²) in [4.78, 5) is 12.9. The number of rotatable bonds is 4. The fourth-order valence-electron chi connectivity index (χ4n) is 2.97. The molecule has 1 amide bonds. The zero-order valence-electron chi connectivity index (χ0n) is 13.9. The van der Waals surface area contributed by atoms with Crippen LogP contribution in [-0.2, 0) is 4.79 Å². The fourth-order valence-corrected chi connectivity index (χ4v) is 4.14. The van der Waals surface area contributed by atoms with Gasteiger partial charge in [-0.25, -0.2) is 0 Å². The zero-order chi connectivity index (χ0) is 16.4. The maximum Gasteiger partial charge on any atom is 0.220 e. The summed E-state index contributed by atoms with van der Waals surface area (Å²) < 4.78 is 5.81. The van der Waals surface area contributed by atoms with Crippen LogP contribution in [0.2, 0.25) is 0 Å². The normalized spacial score (nSPS) is 18.8. The average molecular weight is 329 g/mol. The van der Waals surface area contributed by atoms with Crippen molar-refractivity contribution in [2.24, 2.45) is 5.92 Å². The first-order chi connectivity index (χ1) is 11.1. The third-order valence-corrected chi connectivity index (χ3v) is 5.91. The Labute approximate surface area is 142 Å². The maximum atomic E-state index is 11.6. The molecular formula is C19H23NO2S. The minimum absolute atomic E-state index is 0.0773. The highest BCUT2D eigenvalue weighted by molar-refractivity contribution is 8.00. The number of allylic oxidation sites excluding steroid dienone is 1. The lowest BCUT2D eigenvalue weighted by atomic mass is 9.92. The second-order valence-electron chi connectivity index (χ2n) is 6.25. The van der Waals surface area contributed by atoms with Gasteiger partial charge in [-0.2, -0.15) is 0 Å². The number of hydrogen-bond acceptors (Lipinski definition) is 3. The molecule has 122 valence electrons. The van der Waals surface area contributed by atoms with E-state index >= 15 is 0 Å². The lowest BCUT2D eigenvalue weighted by Gasteiger charge is -2.27. The van der Waals surface area contributed by atoms with E-state index in [1.165, 1.54) is 21.6 Å². The highest BCUT2D eigenvalue weighted by Crippen LogP contribution is 2.44. The molecule has 1 aromatic carbocycles. The topological polar surface area (TPSA) is 38.3 Å². The van der Waals surface area contributed by atoms with Crippen molar-refractivity contribution in [3.05, 3.63) is 35.4 Å². The Morgan fingerprint density at radius 1 is 1.43 bits per heavy atom. The number of thioether (sulfide) groups is 1. The minimum Gasteiger partial charge on any atom is -0.489 e. The minimum atomic E-state index is 0.0773. The van der Waals surface area contributed by atoms with Crippen LogP contribution in [0.4, 0.5) is 0 Å². The highest BCUT2D eigenvalue weighted by atomic mass is 32.2. The van der Waals surface area contributed by atoms with Gasteiger partial charge in [-0.3, -0.25) is 4.79 Å². The molecule has 1 aromatic rings. The molecule has 2 heterocycles. The van der Waals surface area contributed by atoms with Gasteiger partial charge in [-0.15, -0.1) is 11.8 Å². The average Bonchev–Trinajstić information content (AvgIpc) is 2.58. The molecule has 0 aromatic heterocycles. The van der Waals surface area contributed by atoms with Crippen molar-refractivity contribution >= 4 is 29.3 Å². The molecule has 0 saturated carbocycles. The van der Waals surface area contributed by atoms with Gasteiger partial charge in [0.25, 0.3) is 0 Å². The van der Waals surface area contributed by atoms with Crippen LogP contribution in [0.1, 0.15) is 37.8 Å². The number of carbonyl (C=O) groups is 1. The number of carbonyl (C=O) groups excluding carboxylic acids is 1. The monoisotopic (exact) mass is 329 g/mol. The summed E-state index contributed by atoms with van der Waals surface area (Å²) in [5.74, 6) is 1.62. The van der Waals surface area contributed by atoms with Crippen LogP contribution < -0.4 is 10.1 Å². The van der Waals surface area contributed by atoms with Crippen molar-refractivity contribution in [2.75, 3.05) is 13.7 Å². The largest absolute Gasteiger partial charge is 0.489 e. The Bertz CT molecular complexity index is 676. The van der Waals surface area contributed by atoms with Crippen molar-refractivity contribution < 1.29 is 9.53 Å². The smallest absolute Gasteiger partial charge is 0.220 e. The molecule has 0 spiro atoms. The summed E-state index contributed by atoms with van der Waals surface area (Å²) in [6.45, 7) is 5.09. The Morgan fingerprint density at radius 2 is 2.26 bits per heavy atom. The molecule has 0 fully saturated rings. The number of amides is 1. The Kier molecular flexibility index (Phi) is 4.81. The molecule has 23 heavy (non-hydrogen) atoms. The van der Waals surface area contributed by atoms with Crippen LogP contribution in [0, 0.1) is 5.92 Å². The third kappa shape index (κ3) is 3.32. The molecule has 3 rings (SSSR count). The fraction of sp³-hybridized carbons (Fsp3) is 0.421. The van der Waals surface area contributed by atoms with E-state index < -0.39 is 0 Å². The van der Waals surface area contributed by atoms with E-state index in [0.717, 1.165) is 12.2 Å². The molecule has 1 unspecified atom stereocenters. The lowest BCUT2D eigenvalue weighted by Crippen LogP contribution is -2.18. The number of hydrogen-bond donors (Lipinski definition) is 1. The first-order valence-electron chi connectivity index (χ1n) is 8.14. The molecular weight excluding hydrogens is 306 g/mol. The number of benzene rings is 1. The molecule has 4 heteroatoms. The van der Waals surface area contributed by atoms with Crippen LogP contribution >= 0.6 is 11.8 Å². The summed E-state index contributed by atoms with van der Waals surface area (Å²) >= 11 is 1.92. The summed E-state index contributed by atoms with van der Waals surface area (Å²) in [5, 5.41) is 3.21. The Hall–Kier alpha value is -1.68. The lowest BCUT2D eigenvalue weighted by molar-refractivity contribution is -0.120. The maximum absolute atomic E-state index is 11.6. The third-order valence-electron chi connectivity index (χ3n) is 4.33. The number of ether oxygens (including phenoxy) is 1. The number of nitrogens with one attached hydrogen (secondary N) is 1. The highest BCUT2D eigenvalue weighted by Gasteiger charge is 2.24. The Morgan fingerprint density at radius 3 is 3.00 bits per heavy atom. The van der Waals surface area contributed by atoms with Crippen molar-refractivity contribution in [3.8, 4) is 5.75 Å². The van der Waals surface area contributed by atoms with E-state index in [0.29, 0.717) is 24.2 Å². The first-order valence-corrected chi connectivity index (χ1v) is 9.02. The van der Waals surface area contributed by atoms with E-state index in [-0.39, 0.29) is 5.91 Å². The van der Waals surface area contributed by atoms with Gasteiger partial charge in [0.05, 0.1) is 0 Å². The zero-order valence-corrected chi connectivity index (χ0v) is 14.7. The van der Waals surface area contributed by atoms with Crippen molar-refractivity contribution in [2.45, 2.75) is 36.8 Å². The molecule has 0 bridgehead atoms. The van der Waals surface area contributed by atoms with E-state index in [9.17, 15) is 4.79 Å². The Balaban J connectivity index is 1.93. The van der Waals surface area contributed by atoms with Gasteiger partial charge in [0.2, 0.25) is 5.91 Å². The van der Waals surface area contributed by atoms with Crippen LogP contribution in [-0.4, -0.2) is 24.8 Å². The van der Waals surface area contributed by atoms with E-state index in [1.807, 2.05) is 11.8 Å². The van der Waals surface area contributed by atoms with Crippen molar-refractivity contribution in [1.82, 2.24) is 5.32 Å². The first kappa shape index (κ1) is 16.2. The molecule has 0 aliphatic carbocycles. The van der Waals surface area contributed by atoms with Gasteiger partial charge in [-0.1, -0.05) is 26.0 Å². The predicted octanol–water partition coefficient (Wildman–Crippen LogP) is 4.13. The van der Waals surface area contributed by atoms with Crippen LogP contribution in [0.5, 0.6) is 5.75 Å². The van der Waals surface area contributed by atoms with Gasteiger partial charge in [0.1, 0.15) is 12.4 Å². The summed E-state index contributed by atoms with van der Waals surface area (Å²) in [6, 6.07) is 4.24. The van der Waals surface area contributed by atoms with Gasteiger partial charge < -0.3 is 10.1 Å². The van der Waals surface area contributed by atoms with Crippen molar-refractivity contribution in [1.29, 1.82) is 0 Å². The van der Waals surface area contributed by atoms with Crippen LogP contribution in [0.15, 0.2) is 29.2 Å². The van der Waals surface area contributed by atoms with Gasteiger partial charge in [-0.05, 0) is 41.7 Å². The van der Waals surface area contributed by atoms with Gasteiger partial charge in [0, 0.05) is 29.2 Å². The predicted molar refractivity (Wildman–Crippen MR) is 96.7 cm³/mol. The molecule has 0 saturated heterocycles. The van der Waals surface area contributed by atoms with Gasteiger partial charge >= 0.3 is 0 Å². The second kappa shape index (κ2) is 6.83. The standard InChI is InChI=1S/C19H23NO2S/c1-12(2)16-7-5-14-17(23-16)8-6-15-19(14)13(10-11-22-15)4-9-18(21)20-3/h5-8,10,12,16H,4,9,11H2,1-3H3,(H,20,21). The summed E-state index contributed by atoms with van der Waals surface area (Å²) in [7, 11) is 1.68. The molecule has 1 atom stereocenters. The molecule has 1 N–H and O–H groups in total. The number of fused-ring (bicyclic) bond motifs is 3. The quantitative estimate of drug-likeness (QED) is 0.902. The molecule has 2 aliphatic heterocycles. The van der Waals surface area contributed by atoms with Gasteiger partial charge in [0.15, 0.2) is 0 Å². The van der Waals surface area contributed by atoms with Crippen LogP contribution in [0.25, 0.3) is 11.6 Å². The molecule has 3 nitrogen and oxygen atoms in total. The SMILES string of the molecule is CNC(=O)CCC1=CCOc2ccc3c(c21)C=CC(C(C)C)S3. The second-order valence-corrected chi connectivity index (χ2v) is 7.47. The summed E-state index contributed by atoms with van der Waals surface area (Å²) in [6.07, 6.45) is 7.90. The van der Waals surface area contributed by atoms with Crippen LogP contribution in [0.3, 0.4) is 0 Å².